The largest absolute Gasteiger partial charge is 0.506 e. The molecule has 0 spiro atoms. The van der Waals surface area contributed by atoms with E-state index in [9.17, 15) is 5.11 Å². The monoisotopic (exact) mass is 377 g/mol. The summed E-state index contributed by atoms with van der Waals surface area (Å²) in [6.45, 7) is 0. The topological polar surface area (TPSA) is 89.8 Å². The number of phenols is 1. The van der Waals surface area contributed by atoms with Crippen LogP contribution in [0, 0.1) is 0 Å². The van der Waals surface area contributed by atoms with E-state index in [1.165, 1.54) is 17.5 Å². The van der Waals surface area contributed by atoms with E-state index in [-0.39, 0.29) is 16.8 Å². The van der Waals surface area contributed by atoms with Gasteiger partial charge in [0.15, 0.2) is 5.65 Å². The summed E-state index contributed by atoms with van der Waals surface area (Å²) in [7, 11) is 0. The van der Waals surface area contributed by atoms with Crippen LogP contribution in [-0.2, 0) is 6.42 Å². The second-order valence-corrected chi connectivity index (χ2v) is 7.08. The van der Waals surface area contributed by atoms with Gasteiger partial charge in [-0.1, -0.05) is 41.9 Å². The number of hydrogen-bond donors (Lipinski definition) is 2. The average Bonchev–Trinajstić information content (AvgIpc) is 3.26. The fraction of sp³-hybridized carbons (Fsp3) is 0.150. The Hall–Kier alpha value is -3.12. The SMILES string of the molecule is Nc1ncnc2c1c(-c1ccc(Cl)c(O)c1)nn2C1CCc2ccccc21. The summed E-state index contributed by atoms with van der Waals surface area (Å²) in [4.78, 5) is 8.61. The number of phenolic OH excluding ortho intramolecular Hbond substituents is 1. The predicted octanol–water partition coefficient (Wildman–Crippen LogP) is 3.97. The number of nitrogens with zero attached hydrogens (tertiary/aromatic N) is 4. The summed E-state index contributed by atoms with van der Waals surface area (Å²) in [6, 6.07) is 13.5. The van der Waals surface area contributed by atoms with E-state index in [4.69, 9.17) is 22.4 Å². The molecule has 2 aromatic heterocycles. The van der Waals surface area contributed by atoms with Crippen LogP contribution >= 0.6 is 11.6 Å². The lowest BCUT2D eigenvalue weighted by atomic mass is 10.1. The Labute approximate surface area is 160 Å². The van der Waals surface area contributed by atoms with Crippen molar-refractivity contribution < 1.29 is 5.11 Å². The quantitative estimate of drug-likeness (QED) is 0.551. The van der Waals surface area contributed by atoms with Gasteiger partial charge >= 0.3 is 0 Å². The lowest BCUT2D eigenvalue weighted by molar-refractivity contribution is 0.476. The van der Waals surface area contributed by atoms with Crippen molar-refractivity contribution in [3.8, 4) is 17.0 Å². The Balaban J connectivity index is 1.76. The molecular weight excluding hydrogens is 362 g/mol. The van der Waals surface area contributed by atoms with Crippen LogP contribution < -0.4 is 5.73 Å². The predicted molar refractivity (Wildman–Crippen MR) is 105 cm³/mol. The molecular formula is C20H16ClN5O. The van der Waals surface area contributed by atoms with Crippen LogP contribution in [-0.4, -0.2) is 24.9 Å². The Morgan fingerprint density at radius 1 is 1.15 bits per heavy atom. The van der Waals surface area contributed by atoms with Gasteiger partial charge in [0.25, 0.3) is 0 Å². The normalized spacial score (nSPS) is 16.0. The van der Waals surface area contributed by atoms with Crippen LogP contribution in [0.3, 0.4) is 0 Å². The van der Waals surface area contributed by atoms with E-state index in [1.54, 1.807) is 12.1 Å². The Morgan fingerprint density at radius 2 is 2.00 bits per heavy atom. The standard InChI is InChI=1S/C20H16ClN5O/c21-14-7-5-12(9-16(14)27)18-17-19(22)23-10-24-20(17)26(25-18)15-8-6-11-3-1-2-4-13(11)15/h1-5,7,9-10,15,27H,6,8H2,(H2,22,23,24). The summed E-state index contributed by atoms with van der Waals surface area (Å²) >= 11 is 5.96. The lowest BCUT2D eigenvalue weighted by Gasteiger charge is -2.13. The van der Waals surface area contributed by atoms with E-state index < -0.39 is 0 Å². The molecule has 1 atom stereocenters. The zero-order valence-electron chi connectivity index (χ0n) is 14.3. The molecule has 0 saturated carbocycles. The number of hydrogen-bond acceptors (Lipinski definition) is 5. The van der Waals surface area contributed by atoms with Gasteiger partial charge in [0, 0.05) is 5.56 Å². The van der Waals surface area contributed by atoms with Crippen LogP contribution in [0.5, 0.6) is 5.75 Å². The molecule has 1 aliphatic rings. The number of rotatable bonds is 2. The van der Waals surface area contributed by atoms with E-state index in [0.29, 0.717) is 28.1 Å². The lowest BCUT2D eigenvalue weighted by Crippen LogP contribution is -2.10. The fourth-order valence-corrected chi connectivity index (χ4v) is 3.98. The molecule has 4 aromatic rings. The fourth-order valence-electron chi connectivity index (χ4n) is 3.86. The van der Waals surface area contributed by atoms with Gasteiger partial charge < -0.3 is 10.8 Å². The van der Waals surface area contributed by atoms with Crippen LogP contribution in [0.2, 0.25) is 5.02 Å². The molecule has 2 aromatic carbocycles. The Kier molecular flexibility index (Phi) is 3.55. The Morgan fingerprint density at radius 3 is 2.85 bits per heavy atom. The number of benzene rings is 2. The number of anilines is 1. The third-order valence-corrected chi connectivity index (χ3v) is 5.45. The summed E-state index contributed by atoms with van der Waals surface area (Å²) in [5.74, 6) is 0.362. The smallest absolute Gasteiger partial charge is 0.164 e. The number of aryl methyl sites for hydroxylation is 1. The van der Waals surface area contributed by atoms with Gasteiger partial charge in [-0.05, 0) is 36.1 Å². The first-order chi connectivity index (χ1) is 13.1. The van der Waals surface area contributed by atoms with Gasteiger partial charge in [-0.2, -0.15) is 5.10 Å². The third kappa shape index (κ3) is 2.44. The molecule has 0 fully saturated rings. The zero-order valence-corrected chi connectivity index (χ0v) is 15.1. The summed E-state index contributed by atoms with van der Waals surface area (Å²) in [6.07, 6.45) is 3.41. The highest BCUT2D eigenvalue weighted by molar-refractivity contribution is 6.32. The molecule has 0 radical (unpaired) electrons. The van der Waals surface area contributed by atoms with Gasteiger partial charge in [0.2, 0.25) is 0 Å². The third-order valence-electron chi connectivity index (χ3n) is 5.13. The number of halogens is 1. The molecule has 134 valence electrons. The molecule has 1 aliphatic carbocycles. The number of aromatic hydroxyl groups is 1. The van der Waals surface area contributed by atoms with Crippen molar-refractivity contribution in [1.29, 1.82) is 0 Å². The second kappa shape index (κ2) is 5.96. The first-order valence-electron chi connectivity index (χ1n) is 8.69. The molecule has 6 nitrogen and oxygen atoms in total. The minimum absolute atomic E-state index is 0.00139. The molecule has 0 aliphatic heterocycles. The molecule has 0 amide bonds. The first kappa shape index (κ1) is 16.1. The second-order valence-electron chi connectivity index (χ2n) is 6.67. The maximum Gasteiger partial charge on any atom is 0.164 e. The van der Waals surface area contributed by atoms with Crippen LogP contribution in [0.15, 0.2) is 48.8 Å². The maximum absolute atomic E-state index is 10.0. The summed E-state index contributed by atoms with van der Waals surface area (Å²) < 4.78 is 1.93. The molecule has 7 heteroatoms. The summed E-state index contributed by atoms with van der Waals surface area (Å²) in [5.41, 5.74) is 10.8. The van der Waals surface area contributed by atoms with Crippen molar-refractivity contribution in [3.05, 3.63) is 64.9 Å². The van der Waals surface area contributed by atoms with Crippen molar-refractivity contribution in [2.75, 3.05) is 5.73 Å². The molecule has 27 heavy (non-hydrogen) atoms. The van der Waals surface area contributed by atoms with E-state index in [0.717, 1.165) is 12.8 Å². The minimum atomic E-state index is -0.00139. The zero-order chi connectivity index (χ0) is 18.5. The van der Waals surface area contributed by atoms with Crippen molar-refractivity contribution in [2.45, 2.75) is 18.9 Å². The minimum Gasteiger partial charge on any atom is -0.506 e. The van der Waals surface area contributed by atoms with E-state index in [2.05, 4.69) is 28.2 Å². The van der Waals surface area contributed by atoms with E-state index >= 15 is 0 Å². The Bertz CT molecular complexity index is 1190. The number of nitrogen functional groups attached to an aromatic ring is 1. The highest BCUT2D eigenvalue weighted by Gasteiger charge is 2.28. The van der Waals surface area contributed by atoms with Gasteiger partial charge in [-0.25, -0.2) is 14.6 Å². The maximum atomic E-state index is 10.0. The van der Waals surface area contributed by atoms with Gasteiger partial charge in [-0.15, -0.1) is 0 Å². The number of nitrogens with two attached hydrogens (primary N) is 1. The van der Waals surface area contributed by atoms with Crippen molar-refractivity contribution in [3.63, 3.8) is 0 Å². The van der Waals surface area contributed by atoms with Crippen LogP contribution in [0.25, 0.3) is 22.3 Å². The highest BCUT2D eigenvalue weighted by atomic mass is 35.5. The van der Waals surface area contributed by atoms with Gasteiger partial charge in [0.1, 0.15) is 23.6 Å². The number of fused-ring (bicyclic) bond motifs is 2. The van der Waals surface area contributed by atoms with Crippen molar-refractivity contribution in [2.24, 2.45) is 0 Å². The van der Waals surface area contributed by atoms with Gasteiger partial charge in [0.05, 0.1) is 16.5 Å². The first-order valence-corrected chi connectivity index (χ1v) is 9.06. The van der Waals surface area contributed by atoms with Crippen LogP contribution in [0.4, 0.5) is 5.82 Å². The van der Waals surface area contributed by atoms with E-state index in [1.807, 2.05) is 16.8 Å². The molecule has 1 unspecified atom stereocenters. The average molecular weight is 378 g/mol. The molecule has 2 heterocycles. The summed E-state index contributed by atoms with van der Waals surface area (Å²) in [5, 5.41) is 15.8. The van der Waals surface area contributed by atoms with Crippen LogP contribution in [0.1, 0.15) is 23.6 Å². The number of aromatic nitrogens is 4. The molecule has 0 bridgehead atoms. The molecule has 0 saturated heterocycles. The van der Waals surface area contributed by atoms with Crippen molar-refractivity contribution >= 4 is 28.5 Å². The van der Waals surface area contributed by atoms with Gasteiger partial charge in [-0.3, -0.25) is 0 Å². The highest BCUT2D eigenvalue weighted by Crippen LogP contribution is 2.39. The molecule has 5 rings (SSSR count). The molecule has 3 N–H and O–H groups in total. The van der Waals surface area contributed by atoms with Crippen molar-refractivity contribution in [1.82, 2.24) is 19.7 Å².